The van der Waals surface area contributed by atoms with Gasteiger partial charge in [0, 0.05) is 52.4 Å². The van der Waals surface area contributed by atoms with Crippen LogP contribution in [0, 0.1) is 16.7 Å². The van der Waals surface area contributed by atoms with Crippen LogP contribution in [0.15, 0.2) is 90.0 Å². The molecule has 0 aromatic heterocycles. The van der Waals surface area contributed by atoms with Crippen molar-refractivity contribution in [2.24, 2.45) is 16.7 Å². The lowest BCUT2D eigenvalue weighted by atomic mass is 9.44. The van der Waals surface area contributed by atoms with Crippen molar-refractivity contribution in [3.63, 3.8) is 0 Å². The number of nitrogens with two attached hydrogens (primary N) is 1. The Bertz CT molecular complexity index is 3250. The van der Waals surface area contributed by atoms with Crippen molar-refractivity contribution >= 4 is 53.6 Å². The summed E-state index contributed by atoms with van der Waals surface area (Å²) < 4.78 is 52.5. The van der Waals surface area contributed by atoms with Gasteiger partial charge in [-0.2, -0.15) is 0 Å². The number of carbonyl (C=O) groups excluding carboxylic acids is 7. The van der Waals surface area contributed by atoms with E-state index in [2.05, 4.69) is 5.32 Å². The van der Waals surface area contributed by atoms with Crippen molar-refractivity contribution in [2.75, 3.05) is 39.5 Å². The molecule has 3 amide bonds. The third-order valence-corrected chi connectivity index (χ3v) is 17.7. The Morgan fingerprint density at radius 3 is 2.04 bits per heavy atom. The molecule has 2 saturated carbocycles. The van der Waals surface area contributed by atoms with Crippen LogP contribution in [0.2, 0.25) is 0 Å². The molecule has 3 aromatic carbocycles. The van der Waals surface area contributed by atoms with Crippen LogP contribution in [0.3, 0.4) is 0 Å². The first kappa shape index (κ1) is 68.0. The van der Waals surface area contributed by atoms with E-state index in [1.165, 1.54) is 84.3 Å². The molecule has 8 rings (SSSR count). The molecule has 4 fully saturated rings. The molecule has 90 heavy (non-hydrogen) atoms. The van der Waals surface area contributed by atoms with Crippen LogP contribution in [0.25, 0.3) is 0 Å². The first-order valence-electron chi connectivity index (χ1n) is 29.0. The smallest absolute Gasteiger partial charge is 0.410 e. The highest BCUT2D eigenvalue weighted by Crippen LogP contribution is 2.64. The summed E-state index contributed by atoms with van der Waals surface area (Å²) in [6.45, 7) is 10.4. The van der Waals surface area contributed by atoms with Crippen LogP contribution >= 0.6 is 0 Å². The van der Waals surface area contributed by atoms with Gasteiger partial charge >= 0.3 is 42.2 Å². The molecular weight excluding hydrogens is 1180 g/mol. The number of ether oxygens (including phenoxy) is 9. The number of carboxylic acid groups (broad SMARTS) is 1. The van der Waals surface area contributed by atoms with E-state index in [0.29, 0.717) is 5.56 Å². The van der Waals surface area contributed by atoms with Crippen LogP contribution in [-0.2, 0) is 63.7 Å². The van der Waals surface area contributed by atoms with Gasteiger partial charge in [0.2, 0.25) is 12.4 Å². The number of fused-ring (bicyclic) bond motifs is 5. The number of hydrogen-bond acceptors (Lipinski definition) is 24. The van der Waals surface area contributed by atoms with Crippen molar-refractivity contribution < 1.29 is 117 Å². The molecule has 2 bridgehead atoms. The predicted molar refractivity (Wildman–Crippen MR) is 309 cm³/mol. The number of amides is 3. The number of aliphatic hydroxyl groups excluding tert-OH is 5. The van der Waals surface area contributed by atoms with Gasteiger partial charge < -0.3 is 99.2 Å². The fourth-order valence-corrected chi connectivity index (χ4v) is 12.7. The van der Waals surface area contributed by atoms with E-state index in [1.807, 2.05) is 0 Å². The number of carboxylic acids is 1. The lowest BCUT2D eigenvalue weighted by Gasteiger charge is -2.67. The summed E-state index contributed by atoms with van der Waals surface area (Å²) in [5.74, 6) is -7.57. The molecule has 1 unspecified atom stereocenters. The lowest BCUT2D eigenvalue weighted by molar-refractivity contribution is -0.346. The molecule has 3 aromatic rings. The average molecular weight is 1260 g/mol. The second kappa shape index (κ2) is 26.1. The average Bonchev–Trinajstić information content (AvgIpc) is 0.672. The third-order valence-electron chi connectivity index (χ3n) is 17.7. The number of aliphatic hydroxyl groups is 6. The minimum absolute atomic E-state index is 0.00486. The van der Waals surface area contributed by atoms with Crippen LogP contribution in [0.5, 0.6) is 5.75 Å². The molecule has 2 aliphatic heterocycles. The minimum atomic E-state index is -2.53. The molecule has 2 saturated heterocycles. The molecule has 16 atom stereocenters. The van der Waals surface area contributed by atoms with Gasteiger partial charge in [0.05, 0.1) is 35.3 Å². The van der Waals surface area contributed by atoms with Gasteiger partial charge in [0.15, 0.2) is 17.5 Å². The number of nitrogens with zero attached hydrogens (tertiary/aromatic N) is 2. The Balaban J connectivity index is 1.07. The number of likely N-dealkylation sites (N-methyl/N-ethyl adjacent to an activating group) is 2. The molecule has 2 heterocycles. The Kier molecular flexibility index (Phi) is 19.7. The summed E-state index contributed by atoms with van der Waals surface area (Å²) in [5.41, 5.74) is -2.93. The Morgan fingerprint density at radius 2 is 1.47 bits per heavy atom. The van der Waals surface area contributed by atoms with Crippen molar-refractivity contribution in [1.29, 1.82) is 0 Å². The number of benzene rings is 3. The summed E-state index contributed by atoms with van der Waals surface area (Å²) >= 11 is 0. The second-order valence-corrected chi connectivity index (χ2v) is 25.1. The van der Waals surface area contributed by atoms with Crippen molar-refractivity contribution in [2.45, 2.75) is 165 Å². The van der Waals surface area contributed by atoms with Gasteiger partial charge in [-0.25, -0.2) is 28.8 Å². The number of Topliss-reactive ketones (excluding diaryl/α,β-unsaturated/α-hetero) is 1. The number of ketones is 1. The number of alkyl carbamates (subject to hydrolysis) is 1. The molecule has 0 spiro atoms. The first-order chi connectivity index (χ1) is 42.1. The highest BCUT2D eigenvalue weighted by molar-refractivity contribution is 5.94. The maximum Gasteiger partial charge on any atom is 0.410 e. The van der Waals surface area contributed by atoms with E-state index in [9.17, 15) is 64.5 Å². The van der Waals surface area contributed by atoms with Crippen LogP contribution in [0.4, 0.5) is 20.1 Å². The van der Waals surface area contributed by atoms with Crippen molar-refractivity contribution in [3.8, 4) is 5.75 Å². The number of anilines is 1. The Morgan fingerprint density at radius 1 is 0.844 bits per heavy atom. The van der Waals surface area contributed by atoms with E-state index >= 15 is 9.59 Å². The molecule has 28 nitrogen and oxygen atoms in total. The number of esters is 3. The number of nitrogen functional groups attached to an aromatic ring is 1. The topological polar surface area (TPSA) is 406 Å². The highest BCUT2D eigenvalue weighted by atomic mass is 16.7. The van der Waals surface area contributed by atoms with Gasteiger partial charge in [-0.05, 0) is 81.2 Å². The quantitative estimate of drug-likeness (QED) is 0.0405. The molecule has 5 aliphatic rings. The summed E-state index contributed by atoms with van der Waals surface area (Å²) in [6.07, 6.45) is -24.1. The maximum atomic E-state index is 15.4. The first-order valence-corrected chi connectivity index (χ1v) is 29.0. The van der Waals surface area contributed by atoms with Gasteiger partial charge in [-0.1, -0.05) is 68.4 Å². The normalized spacial score (nSPS) is 30.8. The third kappa shape index (κ3) is 13.1. The SMILES string of the molecule is CC(=O)O[C@@]12CO[C@@H]1C[C@H](O)[C@@]1(C)C(=O)[C@H](O)C3=C(C)[C@@H](OC(=O)[C@H](OC(=O)N(C)CCN(C)C(=O)OCc4ccc(O[C@@H]5O[C@H](C(=O)O)[C@@H](O)[C@H](O)[C@H]5O)c(N)c4)[C@@H](NC(=O)OC(C)(C)C)c4ccccc4)C[C@@](O)([C@@H](OC(=O)c4ccccc4)C12)C3(C)C. The van der Waals surface area contributed by atoms with E-state index in [-0.39, 0.29) is 66.4 Å². The van der Waals surface area contributed by atoms with Crippen LogP contribution in [0.1, 0.15) is 95.8 Å². The largest absolute Gasteiger partial charge is 0.479 e. The van der Waals surface area contributed by atoms with E-state index in [4.69, 9.17) is 48.4 Å². The van der Waals surface area contributed by atoms with Gasteiger partial charge in [-0.3, -0.25) is 9.59 Å². The molecule has 0 radical (unpaired) electrons. The second-order valence-electron chi connectivity index (χ2n) is 25.1. The number of hydrogen-bond donors (Lipinski definition) is 9. The van der Waals surface area contributed by atoms with E-state index in [1.54, 1.807) is 57.2 Å². The highest BCUT2D eigenvalue weighted by Gasteiger charge is 2.78. The zero-order chi connectivity index (χ0) is 66.3. The van der Waals surface area contributed by atoms with Crippen molar-refractivity contribution in [3.05, 3.63) is 107 Å². The van der Waals surface area contributed by atoms with Crippen LogP contribution < -0.4 is 15.8 Å². The molecule has 10 N–H and O–H groups in total. The minimum Gasteiger partial charge on any atom is -0.479 e. The summed E-state index contributed by atoms with van der Waals surface area (Å²) in [6, 6.07) is 17.9. The fraction of sp³-hybridized carbons (Fsp3) is 0.548. The number of nitrogens with one attached hydrogen (secondary N) is 1. The Labute approximate surface area is 517 Å². The van der Waals surface area contributed by atoms with Gasteiger partial charge in [0.1, 0.15) is 72.3 Å². The zero-order valence-corrected chi connectivity index (χ0v) is 51.3. The zero-order valence-electron chi connectivity index (χ0n) is 51.3. The summed E-state index contributed by atoms with van der Waals surface area (Å²) in [7, 11) is 2.64. The summed E-state index contributed by atoms with van der Waals surface area (Å²) in [5, 5.41) is 81.1. The summed E-state index contributed by atoms with van der Waals surface area (Å²) in [4.78, 5) is 114. The number of rotatable bonds is 17. The lowest BCUT2D eigenvalue weighted by Crippen LogP contribution is -2.81. The number of aliphatic carboxylic acids is 1. The van der Waals surface area contributed by atoms with E-state index < -0.39 is 161 Å². The molecule has 490 valence electrons. The van der Waals surface area contributed by atoms with Crippen molar-refractivity contribution in [1.82, 2.24) is 15.1 Å². The van der Waals surface area contributed by atoms with E-state index in [0.717, 1.165) is 16.7 Å². The predicted octanol–water partition coefficient (Wildman–Crippen LogP) is 2.46. The van der Waals surface area contributed by atoms with Crippen LogP contribution in [-0.4, -0.2) is 211 Å². The fourth-order valence-electron chi connectivity index (χ4n) is 12.7. The Hall–Kier alpha value is -7.96. The maximum absolute atomic E-state index is 15.4. The monoisotopic (exact) mass is 1260 g/mol. The number of carbonyl (C=O) groups is 8. The molecular formula is C62H78N4O24. The molecule has 28 heteroatoms. The molecule has 3 aliphatic carbocycles. The standard InChI is InChI=1S/C62H78N4O24/c1-30-37(27-62(81)50(88-52(76)34-19-15-12-16-20-34)48-60(8,49(73)42(69)40(30)59(62,6)7)38(68)26-39-61(48,29-83-39)89-31(2)67)84-53(77)46(41(33-17-13-11-14-18-33)64-55(78)90-58(3,4)5)87-57(80)66(10)24-23-65(9)56(79)82-28-32-21-22-36(35(63)25-32)85-54-45(72)43(70)44(71)47(86-54)51(74)75/h11-22,25,37-39,41-48,50,54,68-72,81H,23-24,26-29,63H2,1-10H3,(H,64,78)(H,74,75)/t37-,38-,39+,41-,42+,43-,44-,45+,46+,47-,48?,50-,54+,60+,61-,62+/m0/s1. The van der Waals surface area contributed by atoms with Gasteiger partial charge in [0.25, 0.3) is 0 Å². The van der Waals surface area contributed by atoms with Gasteiger partial charge in [-0.15, -0.1) is 0 Å².